The smallest absolute Gasteiger partial charge is 0.274 e. The van der Waals surface area contributed by atoms with Gasteiger partial charge in [0.05, 0.1) is 0 Å². The summed E-state index contributed by atoms with van der Waals surface area (Å²) in [6, 6.07) is 9.19. The molecule has 3 rings (SSSR count). The second kappa shape index (κ2) is 7.25. The number of hydrogen-bond acceptors (Lipinski definition) is 5. The first-order chi connectivity index (χ1) is 12.0. The lowest BCUT2D eigenvalue weighted by atomic mass is 10.2. The third-order valence-electron chi connectivity index (χ3n) is 3.99. The van der Waals surface area contributed by atoms with Crippen LogP contribution in [0.5, 0.6) is 0 Å². The molecule has 0 radical (unpaired) electrons. The highest BCUT2D eigenvalue weighted by molar-refractivity contribution is 5.92. The first-order valence-corrected chi connectivity index (χ1v) is 7.94. The van der Waals surface area contributed by atoms with Gasteiger partial charge in [0.1, 0.15) is 5.82 Å². The molecular weight excluding hydrogens is 325 g/mol. The lowest BCUT2D eigenvalue weighted by Gasteiger charge is -2.33. The van der Waals surface area contributed by atoms with E-state index in [0.717, 1.165) is 0 Å². The Morgan fingerprint density at radius 3 is 2.36 bits per heavy atom. The molecule has 1 aromatic heterocycles. The molecule has 2 aromatic rings. The van der Waals surface area contributed by atoms with Crippen molar-refractivity contribution in [3.05, 3.63) is 47.9 Å². The van der Waals surface area contributed by atoms with E-state index in [0.29, 0.717) is 37.7 Å². The van der Waals surface area contributed by atoms with E-state index in [-0.39, 0.29) is 23.3 Å². The predicted molar refractivity (Wildman–Crippen MR) is 89.9 cm³/mol. The summed E-state index contributed by atoms with van der Waals surface area (Å²) in [5.74, 6) is -0.134. The minimum Gasteiger partial charge on any atom is -0.339 e. The Morgan fingerprint density at radius 1 is 1.04 bits per heavy atom. The number of hydrogen-bond donors (Lipinski definition) is 1. The molecule has 1 aliphatic heterocycles. The first kappa shape index (κ1) is 16.8. The molecule has 1 aliphatic rings. The number of halogens is 1. The number of piperazine rings is 1. The average molecular weight is 343 g/mol. The molecule has 25 heavy (non-hydrogen) atoms. The van der Waals surface area contributed by atoms with E-state index in [1.54, 1.807) is 34.1 Å². The van der Waals surface area contributed by atoms with E-state index in [2.05, 4.69) is 15.5 Å². The van der Waals surface area contributed by atoms with Gasteiger partial charge in [-0.2, -0.15) is 0 Å². The Hall–Kier alpha value is -3.03. The van der Waals surface area contributed by atoms with Crippen LogP contribution in [0.15, 0.2) is 36.4 Å². The van der Waals surface area contributed by atoms with Crippen molar-refractivity contribution in [2.24, 2.45) is 0 Å². The van der Waals surface area contributed by atoms with Crippen molar-refractivity contribution in [1.29, 1.82) is 0 Å². The zero-order valence-corrected chi connectivity index (χ0v) is 13.8. The summed E-state index contributed by atoms with van der Waals surface area (Å²) in [6.07, 6.45) is 0. The normalized spacial score (nSPS) is 14.3. The number of carbonyl (C=O) groups excluding carboxylic acids is 2. The molecule has 0 unspecified atom stereocenters. The van der Waals surface area contributed by atoms with Gasteiger partial charge >= 0.3 is 0 Å². The number of nitrogens with zero attached hydrogens (tertiary/aromatic N) is 4. The number of amides is 2. The molecule has 0 saturated carbocycles. The third-order valence-corrected chi connectivity index (χ3v) is 3.99. The lowest BCUT2D eigenvalue weighted by Crippen LogP contribution is -2.50. The summed E-state index contributed by atoms with van der Waals surface area (Å²) in [4.78, 5) is 27.1. The highest BCUT2D eigenvalue weighted by Crippen LogP contribution is 2.15. The fourth-order valence-corrected chi connectivity index (χ4v) is 2.61. The molecule has 0 bridgehead atoms. The van der Waals surface area contributed by atoms with Crippen LogP contribution in [0, 0.1) is 5.82 Å². The first-order valence-electron chi connectivity index (χ1n) is 7.94. The van der Waals surface area contributed by atoms with E-state index in [4.69, 9.17) is 0 Å². The van der Waals surface area contributed by atoms with Crippen LogP contribution < -0.4 is 5.32 Å². The van der Waals surface area contributed by atoms with Crippen LogP contribution in [-0.4, -0.2) is 58.0 Å². The Balaban J connectivity index is 1.62. The van der Waals surface area contributed by atoms with Crippen LogP contribution in [0.1, 0.15) is 17.4 Å². The molecule has 2 amide bonds. The van der Waals surface area contributed by atoms with Crippen LogP contribution in [0.2, 0.25) is 0 Å². The summed E-state index contributed by atoms with van der Waals surface area (Å²) in [5.41, 5.74) is 0.787. The molecule has 1 fully saturated rings. The van der Waals surface area contributed by atoms with Crippen molar-refractivity contribution in [1.82, 2.24) is 20.0 Å². The molecule has 2 heterocycles. The van der Waals surface area contributed by atoms with E-state index in [9.17, 15) is 14.0 Å². The van der Waals surface area contributed by atoms with Gasteiger partial charge < -0.3 is 15.1 Å². The largest absolute Gasteiger partial charge is 0.339 e. The summed E-state index contributed by atoms with van der Waals surface area (Å²) in [6.45, 7) is 3.52. The van der Waals surface area contributed by atoms with Gasteiger partial charge in [0.25, 0.3) is 5.91 Å². The number of nitrogens with one attached hydrogen (secondary N) is 1. The quantitative estimate of drug-likeness (QED) is 0.917. The van der Waals surface area contributed by atoms with E-state index >= 15 is 0 Å². The van der Waals surface area contributed by atoms with Crippen molar-refractivity contribution >= 4 is 23.3 Å². The molecular formula is C17H18FN5O2. The highest BCUT2D eigenvalue weighted by Gasteiger charge is 2.24. The zero-order chi connectivity index (χ0) is 17.8. The standard InChI is InChI=1S/C17H18FN5O2/c1-12(24)22-7-9-23(10-8-22)17(25)15-5-6-16(21-20-15)19-14-4-2-3-13(18)11-14/h2-6,11H,7-10H2,1H3,(H,19,21). The summed E-state index contributed by atoms with van der Waals surface area (Å²) in [5, 5.41) is 10.8. The third kappa shape index (κ3) is 4.09. The maximum atomic E-state index is 13.2. The maximum absolute atomic E-state index is 13.2. The molecule has 7 nitrogen and oxygen atoms in total. The van der Waals surface area contributed by atoms with Gasteiger partial charge in [0, 0.05) is 38.8 Å². The van der Waals surface area contributed by atoms with Gasteiger partial charge in [-0.1, -0.05) is 6.07 Å². The molecule has 1 N–H and O–H groups in total. The van der Waals surface area contributed by atoms with Gasteiger partial charge in [0.15, 0.2) is 11.5 Å². The minimum absolute atomic E-state index is 0.0136. The van der Waals surface area contributed by atoms with Gasteiger partial charge in [0.2, 0.25) is 5.91 Å². The summed E-state index contributed by atoms with van der Waals surface area (Å²) < 4.78 is 13.2. The molecule has 0 atom stereocenters. The number of benzene rings is 1. The van der Waals surface area contributed by atoms with Crippen LogP contribution in [-0.2, 0) is 4.79 Å². The molecule has 8 heteroatoms. The zero-order valence-electron chi connectivity index (χ0n) is 13.8. The SMILES string of the molecule is CC(=O)N1CCN(C(=O)c2ccc(Nc3cccc(F)c3)nn2)CC1. The topological polar surface area (TPSA) is 78.4 Å². The maximum Gasteiger partial charge on any atom is 0.274 e. The van der Waals surface area contributed by atoms with Crippen LogP contribution in [0.3, 0.4) is 0 Å². The number of rotatable bonds is 3. The molecule has 1 saturated heterocycles. The van der Waals surface area contributed by atoms with Crippen molar-refractivity contribution in [3.8, 4) is 0 Å². The summed E-state index contributed by atoms with van der Waals surface area (Å²) >= 11 is 0. The fraction of sp³-hybridized carbons (Fsp3) is 0.294. The Bertz CT molecular complexity index is 773. The fourth-order valence-electron chi connectivity index (χ4n) is 2.61. The molecule has 130 valence electrons. The van der Waals surface area contributed by atoms with Crippen LogP contribution in [0.4, 0.5) is 15.9 Å². The van der Waals surface area contributed by atoms with E-state index in [1.165, 1.54) is 19.1 Å². The number of anilines is 2. The van der Waals surface area contributed by atoms with Gasteiger partial charge in [-0.15, -0.1) is 10.2 Å². The van der Waals surface area contributed by atoms with Gasteiger partial charge in [-0.05, 0) is 30.3 Å². The second-order valence-corrected chi connectivity index (χ2v) is 5.74. The second-order valence-electron chi connectivity index (χ2n) is 5.74. The van der Waals surface area contributed by atoms with E-state index < -0.39 is 0 Å². The van der Waals surface area contributed by atoms with Gasteiger partial charge in [-0.3, -0.25) is 9.59 Å². The Morgan fingerprint density at radius 2 is 1.76 bits per heavy atom. The van der Waals surface area contributed by atoms with Crippen LogP contribution in [0.25, 0.3) is 0 Å². The predicted octanol–water partition coefficient (Wildman–Crippen LogP) is 1.66. The van der Waals surface area contributed by atoms with Gasteiger partial charge in [-0.25, -0.2) is 4.39 Å². The monoisotopic (exact) mass is 343 g/mol. The number of carbonyl (C=O) groups is 2. The minimum atomic E-state index is -0.352. The average Bonchev–Trinajstić information content (AvgIpc) is 2.62. The van der Waals surface area contributed by atoms with Crippen molar-refractivity contribution < 1.29 is 14.0 Å². The molecule has 0 spiro atoms. The van der Waals surface area contributed by atoms with Crippen LogP contribution >= 0.6 is 0 Å². The van der Waals surface area contributed by atoms with Crippen molar-refractivity contribution in [2.75, 3.05) is 31.5 Å². The highest BCUT2D eigenvalue weighted by atomic mass is 19.1. The Labute approximate surface area is 144 Å². The number of aromatic nitrogens is 2. The molecule has 0 aliphatic carbocycles. The Kier molecular flexibility index (Phi) is 4.87. The van der Waals surface area contributed by atoms with Crippen molar-refractivity contribution in [2.45, 2.75) is 6.92 Å². The lowest BCUT2D eigenvalue weighted by molar-refractivity contribution is -0.130. The molecule has 1 aromatic carbocycles. The van der Waals surface area contributed by atoms with E-state index in [1.807, 2.05) is 0 Å². The summed E-state index contributed by atoms with van der Waals surface area (Å²) in [7, 11) is 0. The van der Waals surface area contributed by atoms with Crippen molar-refractivity contribution in [3.63, 3.8) is 0 Å².